The summed E-state index contributed by atoms with van der Waals surface area (Å²) in [7, 11) is -2.98. The van der Waals surface area contributed by atoms with E-state index in [0.29, 0.717) is 25.5 Å². The van der Waals surface area contributed by atoms with Gasteiger partial charge in [-0.15, -0.1) is 24.0 Å². The van der Waals surface area contributed by atoms with Gasteiger partial charge in [0, 0.05) is 24.4 Å². The van der Waals surface area contributed by atoms with Crippen molar-refractivity contribution in [1.82, 2.24) is 10.6 Å². The van der Waals surface area contributed by atoms with Crippen LogP contribution in [0.2, 0.25) is 0 Å². The smallest absolute Gasteiger partial charge is 0.191 e. The summed E-state index contributed by atoms with van der Waals surface area (Å²) in [4.78, 5) is 4.65. The molecule has 0 aromatic heterocycles. The van der Waals surface area contributed by atoms with Crippen molar-refractivity contribution in [2.45, 2.75) is 39.8 Å². The highest BCUT2D eigenvalue weighted by atomic mass is 127. The molecule has 0 radical (unpaired) electrons. The molecule has 0 heterocycles. The summed E-state index contributed by atoms with van der Waals surface area (Å²) in [6, 6.07) is 15.7. The highest BCUT2D eigenvalue weighted by Crippen LogP contribution is 2.26. The van der Waals surface area contributed by atoms with Gasteiger partial charge in [0.05, 0.1) is 12.3 Å². The average Bonchev–Trinajstić information content (AvgIpc) is 2.67. The molecule has 2 N–H and O–H groups in total. The SMILES string of the molecule is CCNC(=NCc1ccccc1Oc1ccc(C)cc1)NC(C)CCS(C)(=O)=O.I. The molecule has 166 valence electrons. The molecule has 0 aliphatic rings. The van der Waals surface area contributed by atoms with Gasteiger partial charge in [-0.3, -0.25) is 0 Å². The molecule has 0 amide bonds. The van der Waals surface area contributed by atoms with Crippen molar-refractivity contribution in [2.24, 2.45) is 4.99 Å². The summed E-state index contributed by atoms with van der Waals surface area (Å²) in [5, 5.41) is 6.47. The third-order valence-corrected chi connectivity index (χ3v) is 5.26. The first-order valence-electron chi connectivity index (χ1n) is 9.82. The molecule has 0 spiro atoms. The van der Waals surface area contributed by atoms with Crippen LogP contribution in [0, 0.1) is 6.92 Å². The molecule has 2 rings (SSSR count). The second-order valence-electron chi connectivity index (χ2n) is 7.18. The zero-order chi connectivity index (χ0) is 21.3. The Kier molecular flexibility index (Phi) is 11.2. The Morgan fingerprint density at radius 2 is 1.80 bits per heavy atom. The zero-order valence-electron chi connectivity index (χ0n) is 18.0. The lowest BCUT2D eigenvalue weighted by Crippen LogP contribution is -2.42. The fourth-order valence-electron chi connectivity index (χ4n) is 2.65. The standard InChI is InChI=1S/C22H31N3O3S.HI/c1-5-23-22(25-18(3)14-15-29(4,26)27)24-16-19-8-6-7-9-21(19)28-20-12-10-17(2)11-13-20;/h6-13,18H,5,14-16H2,1-4H3,(H2,23,24,25);1H. The minimum atomic E-state index is -2.98. The Bertz CT molecular complexity index is 915. The lowest BCUT2D eigenvalue weighted by atomic mass is 10.2. The molecule has 0 aliphatic carbocycles. The number of benzene rings is 2. The molecular formula is C22H32IN3O3S. The first-order valence-corrected chi connectivity index (χ1v) is 11.9. The van der Waals surface area contributed by atoms with Crippen molar-refractivity contribution in [3.63, 3.8) is 0 Å². The number of hydrogen-bond acceptors (Lipinski definition) is 4. The van der Waals surface area contributed by atoms with Crippen LogP contribution in [0.15, 0.2) is 53.5 Å². The van der Waals surface area contributed by atoms with Gasteiger partial charge in [0.2, 0.25) is 0 Å². The minimum Gasteiger partial charge on any atom is -0.457 e. The van der Waals surface area contributed by atoms with E-state index in [4.69, 9.17) is 4.74 Å². The van der Waals surface area contributed by atoms with Crippen molar-refractivity contribution >= 4 is 39.8 Å². The van der Waals surface area contributed by atoms with Gasteiger partial charge in [-0.1, -0.05) is 35.9 Å². The third-order valence-electron chi connectivity index (χ3n) is 4.28. The molecule has 2 aromatic carbocycles. The second-order valence-corrected chi connectivity index (χ2v) is 9.44. The van der Waals surface area contributed by atoms with Crippen LogP contribution >= 0.6 is 24.0 Å². The van der Waals surface area contributed by atoms with Crippen molar-refractivity contribution < 1.29 is 13.2 Å². The zero-order valence-corrected chi connectivity index (χ0v) is 21.2. The van der Waals surface area contributed by atoms with E-state index in [1.807, 2.05) is 69.3 Å². The van der Waals surface area contributed by atoms with Crippen LogP contribution in [0.5, 0.6) is 11.5 Å². The molecule has 1 unspecified atom stereocenters. The topological polar surface area (TPSA) is 79.8 Å². The van der Waals surface area contributed by atoms with E-state index in [1.54, 1.807) is 0 Å². The number of nitrogens with one attached hydrogen (secondary N) is 2. The number of aliphatic imine (C=N–C) groups is 1. The Hall–Kier alpha value is -1.81. The van der Waals surface area contributed by atoms with E-state index < -0.39 is 9.84 Å². The van der Waals surface area contributed by atoms with Gasteiger partial charge in [-0.2, -0.15) is 0 Å². The number of guanidine groups is 1. The molecular weight excluding hydrogens is 513 g/mol. The van der Waals surface area contributed by atoms with E-state index in [9.17, 15) is 8.42 Å². The molecule has 0 saturated heterocycles. The molecule has 0 fully saturated rings. The number of sulfone groups is 1. The van der Waals surface area contributed by atoms with Crippen LogP contribution in [-0.2, 0) is 16.4 Å². The quantitative estimate of drug-likeness (QED) is 0.279. The fourth-order valence-corrected chi connectivity index (χ4v) is 3.43. The highest BCUT2D eigenvalue weighted by Gasteiger charge is 2.10. The predicted octanol–water partition coefficient (Wildman–Crippen LogP) is 4.28. The maximum atomic E-state index is 11.4. The summed E-state index contributed by atoms with van der Waals surface area (Å²) in [5.41, 5.74) is 2.15. The van der Waals surface area contributed by atoms with Crippen LogP contribution in [0.25, 0.3) is 0 Å². The summed E-state index contributed by atoms with van der Waals surface area (Å²) < 4.78 is 28.8. The van der Waals surface area contributed by atoms with Gasteiger partial charge < -0.3 is 15.4 Å². The van der Waals surface area contributed by atoms with Gasteiger partial charge >= 0.3 is 0 Å². The number of halogens is 1. The highest BCUT2D eigenvalue weighted by molar-refractivity contribution is 14.0. The van der Waals surface area contributed by atoms with E-state index in [0.717, 1.165) is 17.1 Å². The monoisotopic (exact) mass is 545 g/mol. The van der Waals surface area contributed by atoms with Gasteiger partial charge in [0.1, 0.15) is 21.3 Å². The van der Waals surface area contributed by atoms with Crippen molar-refractivity contribution in [3.8, 4) is 11.5 Å². The lowest BCUT2D eigenvalue weighted by Gasteiger charge is -2.18. The van der Waals surface area contributed by atoms with Gasteiger partial charge in [-0.05, 0) is 45.4 Å². The normalized spacial score (nSPS) is 12.6. The molecule has 0 bridgehead atoms. The van der Waals surface area contributed by atoms with E-state index in [1.165, 1.54) is 11.8 Å². The summed E-state index contributed by atoms with van der Waals surface area (Å²) in [6.07, 6.45) is 1.78. The number of ether oxygens (including phenoxy) is 1. The van der Waals surface area contributed by atoms with Crippen molar-refractivity contribution in [3.05, 3.63) is 59.7 Å². The lowest BCUT2D eigenvalue weighted by molar-refractivity contribution is 0.476. The Balaban J connectivity index is 0.00000450. The summed E-state index contributed by atoms with van der Waals surface area (Å²) in [6.45, 7) is 7.14. The summed E-state index contributed by atoms with van der Waals surface area (Å²) in [5.74, 6) is 2.35. The van der Waals surface area contributed by atoms with Crippen LogP contribution < -0.4 is 15.4 Å². The largest absolute Gasteiger partial charge is 0.457 e. The van der Waals surface area contributed by atoms with Crippen LogP contribution in [-0.4, -0.2) is 39.0 Å². The fraction of sp³-hybridized carbons (Fsp3) is 0.409. The Morgan fingerprint density at radius 3 is 2.43 bits per heavy atom. The maximum Gasteiger partial charge on any atom is 0.191 e. The average molecular weight is 545 g/mol. The molecule has 2 aromatic rings. The first kappa shape index (κ1) is 26.2. The second kappa shape index (κ2) is 12.8. The molecule has 0 aliphatic heterocycles. The van der Waals surface area contributed by atoms with E-state index in [2.05, 4.69) is 15.6 Å². The predicted molar refractivity (Wildman–Crippen MR) is 135 cm³/mol. The van der Waals surface area contributed by atoms with Crippen LogP contribution in [0.4, 0.5) is 0 Å². The Morgan fingerprint density at radius 1 is 1.13 bits per heavy atom. The molecule has 0 saturated carbocycles. The first-order chi connectivity index (χ1) is 13.8. The molecule has 30 heavy (non-hydrogen) atoms. The maximum absolute atomic E-state index is 11.4. The van der Waals surface area contributed by atoms with Gasteiger partial charge in [0.25, 0.3) is 0 Å². The van der Waals surface area contributed by atoms with Crippen molar-refractivity contribution in [1.29, 1.82) is 0 Å². The summed E-state index contributed by atoms with van der Waals surface area (Å²) >= 11 is 0. The minimum absolute atomic E-state index is 0. The van der Waals surface area contributed by atoms with E-state index in [-0.39, 0.29) is 35.8 Å². The number of para-hydroxylation sites is 1. The number of rotatable bonds is 9. The number of hydrogen-bond donors (Lipinski definition) is 2. The number of aryl methyl sites for hydroxylation is 1. The third kappa shape index (κ3) is 9.80. The van der Waals surface area contributed by atoms with E-state index >= 15 is 0 Å². The number of nitrogens with zero attached hydrogens (tertiary/aromatic N) is 1. The van der Waals surface area contributed by atoms with Crippen molar-refractivity contribution in [2.75, 3.05) is 18.6 Å². The van der Waals surface area contributed by atoms with Gasteiger partial charge in [0.15, 0.2) is 5.96 Å². The van der Waals surface area contributed by atoms with Crippen LogP contribution in [0.1, 0.15) is 31.4 Å². The molecule has 1 atom stereocenters. The molecule has 8 heteroatoms. The Labute approximate surface area is 197 Å². The van der Waals surface area contributed by atoms with Gasteiger partial charge in [-0.25, -0.2) is 13.4 Å². The molecule has 6 nitrogen and oxygen atoms in total. The van der Waals surface area contributed by atoms with Crippen LogP contribution in [0.3, 0.4) is 0 Å².